The van der Waals surface area contributed by atoms with Crippen molar-refractivity contribution in [2.75, 3.05) is 0 Å². The van der Waals surface area contributed by atoms with Crippen LogP contribution in [0.2, 0.25) is 0 Å². The zero-order valence-corrected chi connectivity index (χ0v) is 20.1. The Morgan fingerprint density at radius 3 is 2.73 bits per heavy atom. The minimum Gasteiger partial charge on any atom is -0.508 e. The molecule has 2 aliphatic heterocycles. The fourth-order valence-electron chi connectivity index (χ4n) is 6.33. The average Bonchev–Trinajstić information content (AvgIpc) is 3.14. The second-order valence-electron chi connectivity index (χ2n) is 11.2. The predicted molar refractivity (Wildman–Crippen MR) is 130 cm³/mol. The Bertz CT molecular complexity index is 1310. The topological polar surface area (TPSA) is 51.8 Å². The van der Waals surface area contributed by atoms with Crippen LogP contribution < -0.4 is 9.47 Å². The first-order valence-electron chi connectivity index (χ1n) is 12.1. The third-order valence-corrected chi connectivity index (χ3v) is 7.98. The van der Waals surface area contributed by atoms with Gasteiger partial charge in [-0.05, 0) is 84.6 Å². The maximum Gasteiger partial charge on any atom is 0.138 e. The summed E-state index contributed by atoms with van der Waals surface area (Å²) in [4.78, 5) is 0. The number of furan rings is 1. The van der Waals surface area contributed by atoms with E-state index in [1.54, 1.807) is 12.1 Å². The van der Waals surface area contributed by atoms with Gasteiger partial charge in [-0.1, -0.05) is 11.6 Å². The maximum atomic E-state index is 9.93. The van der Waals surface area contributed by atoms with Crippen LogP contribution in [0.25, 0.3) is 22.3 Å². The highest BCUT2D eigenvalue weighted by molar-refractivity contribution is 5.86. The van der Waals surface area contributed by atoms with Gasteiger partial charge in [-0.2, -0.15) is 0 Å². The van der Waals surface area contributed by atoms with Crippen LogP contribution in [-0.2, 0) is 6.42 Å². The second-order valence-corrected chi connectivity index (χ2v) is 11.2. The molecule has 0 radical (unpaired) electrons. The summed E-state index contributed by atoms with van der Waals surface area (Å²) in [5, 5.41) is 10.9. The molecule has 0 spiro atoms. The van der Waals surface area contributed by atoms with E-state index in [1.165, 1.54) is 11.1 Å². The molecule has 1 saturated carbocycles. The molecule has 3 aliphatic rings. The molecule has 4 heteroatoms. The molecule has 3 aromatic rings. The van der Waals surface area contributed by atoms with E-state index in [2.05, 4.69) is 52.8 Å². The molecular weight excluding hydrogens is 412 g/mol. The summed E-state index contributed by atoms with van der Waals surface area (Å²) >= 11 is 0. The molecule has 1 unspecified atom stereocenters. The molecule has 2 bridgehead atoms. The Kier molecular flexibility index (Phi) is 4.28. The van der Waals surface area contributed by atoms with Crippen molar-refractivity contribution in [3.8, 4) is 28.6 Å². The molecule has 1 aliphatic carbocycles. The first kappa shape index (κ1) is 20.7. The van der Waals surface area contributed by atoms with Crippen molar-refractivity contribution in [2.45, 2.75) is 77.4 Å². The molecule has 6 rings (SSSR count). The summed E-state index contributed by atoms with van der Waals surface area (Å²) in [6, 6.07) is 9.48. The van der Waals surface area contributed by atoms with E-state index in [0.29, 0.717) is 17.4 Å². The Balaban J connectivity index is 1.63. The third kappa shape index (κ3) is 3.18. The van der Waals surface area contributed by atoms with E-state index in [9.17, 15) is 5.11 Å². The molecular formula is C29H32O4. The van der Waals surface area contributed by atoms with E-state index in [-0.39, 0.29) is 17.0 Å². The van der Waals surface area contributed by atoms with E-state index in [0.717, 1.165) is 59.5 Å². The Morgan fingerprint density at radius 2 is 1.94 bits per heavy atom. The van der Waals surface area contributed by atoms with Gasteiger partial charge in [0.05, 0.1) is 0 Å². The van der Waals surface area contributed by atoms with Crippen molar-refractivity contribution in [1.29, 1.82) is 0 Å². The van der Waals surface area contributed by atoms with Crippen molar-refractivity contribution in [3.63, 3.8) is 0 Å². The molecule has 1 fully saturated rings. The molecule has 172 valence electrons. The van der Waals surface area contributed by atoms with Crippen molar-refractivity contribution in [2.24, 2.45) is 5.92 Å². The van der Waals surface area contributed by atoms with Gasteiger partial charge >= 0.3 is 0 Å². The molecule has 3 atom stereocenters. The maximum absolute atomic E-state index is 9.93. The monoisotopic (exact) mass is 444 g/mol. The van der Waals surface area contributed by atoms with Crippen LogP contribution in [-0.4, -0.2) is 16.3 Å². The lowest BCUT2D eigenvalue weighted by Crippen LogP contribution is -2.54. The summed E-state index contributed by atoms with van der Waals surface area (Å²) in [6.07, 6.45) is 6.27. The van der Waals surface area contributed by atoms with Gasteiger partial charge in [-0.15, -0.1) is 0 Å². The second kappa shape index (κ2) is 6.82. The average molecular weight is 445 g/mol. The van der Waals surface area contributed by atoms with Crippen LogP contribution in [0, 0.1) is 5.92 Å². The van der Waals surface area contributed by atoms with Gasteiger partial charge in [0.15, 0.2) is 0 Å². The normalized spacial score (nSPS) is 26.5. The number of phenolic OH excluding ortho intramolecular Hbond substituents is 1. The number of rotatable bonds is 3. The highest BCUT2D eigenvalue weighted by Gasteiger charge is 2.54. The lowest BCUT2D eigenvalue weighted by Gasteiger charge is -2.55. The highest BCUT2D eigenvalue weighted by atomic mass is 16.5. The lowest BCUT2D eigenvalue weighted by atomic mass is 9.61. The fourth-order valence-corrected chi connectivity index (χ4v) is 6.33. The molecule has 2 aromatic carbocycles. The van der Waals surface area contributed by atoms with Gasteiger partial charge in [0.1, 0.15) is 39.8 Å². The van der Waals surface area contributed by atoms with Crippen molar-refractivity contribution in [1.82, 2.24) is 0 Å². The minimum absolute atomic E-state index is 0.142. The zero-order chi connectivity index (χ0) is 23.1. The quantitative estimate of drug-likeness (QED) is 0.425. The van der Waals surface area contributed by atoms with Gasteiger partial charge in [0.25, 0.3) is 0 Å². The molecule has 3 heterocycles. The Labute approximate surface area is 195 Å². The van der Waals surface area contributed by atoms with Crippen LogP contribution in [0.5, 0.6) is 17.2 Å². The van der Waals surface area contributed by atoms with Gasteiger partial charge in [-0.3, -0.25) is 0 Å². The van der Waals surface area contributed by atoms with Gasteiger partial charge in [-0.25, -0.2) is 0 Å². The van der Waals surface area contributed by atoms with Crippen LogP contribution in [0.3, 0.4) is 0 Å². The van der Waals surface area contributed by atoms with Gasteiger partial charge in [0.2, 0.25) is 0 Å². The summed E-state index contributed by atoms with van der Waals surface area (Å²) in [5.74, 6) is 3.87. The largest absolute Gasteiger partial charge is 0.508 e. The summed E-state index contributed by atoms with van der Waals surface area (Å²) in [5.41, 5.74) is 5.02. The Hall–Kier alpha value is -2.88. The smallest absolute Gasteiger partial charge is 0.138 e. The van der Waals surface area contributed by atoms with Crippen molar-refractivity contribution < 1.29 is 19.0 Å². The molecule has 0 saturated heterocycles. The molecule has 1 N–H and O–H groups in total. The number of benzene rings is 2. The molecule has 33 heavy (non-hydrogen) atoms. The van der Waals surface area contributed by atoms with Gasteiger partial charge in [0, 0.05) is 40.0 Å². The van der Waals surface area contributed by atoms with Crippen LogP contribution >= 0.6 is 0 Å². The molecule has 1 aromatic heterocycles. The first-order chi connectivity index (χ1) is 15.6. The molecule has 4 nitrogen and oxygen atoms in total. The van der Waals surface area contributed by atoms with E-state index in [4.69, 9.17) is 13.9 Å². The summed E-state index contributed by atoms with van der Waals surface area (Å²) < 4.78 is 19.8. The number of allylic oxidation sites excluding steroid dienone is 2. The van der Waals surface area contributed by atoms with E-state index >= 15 is 0 Å². The first-order valence-corrected chi connectivity index (χ1v) is 12.1. The van der Waals surface area contributed by atoms with Crippen LogP contribution in [0.4, 0.5) is 0 Å². The number of aromatic hydroxyl groups is 1. The third-order valence-electron chi connectivity index (χ3n) is 7.98. The summed E-state index contributed by atoms with van der Waals surface area (Å²) in [6.45, 7) is 11.0. The standard InChI is InChI=1S/C29H32O4/c1-16(2)6-9-19-20(24-12-17-7-8-18(30)13-23(17)31-24)14-25-26-21-15-29(5,33-27(19)26)11-10-22(21)28(3,4)32-25/h6-8,12-14,21-22,30H,9-11,15H2,1-5H3/t21-,22?,29-/m0/s1. The number of fused-ring (bicyclic) bond motifs is 2. The predicted octanol–water partition coefficient (Wildman–Crippen LogP) is 7.52. The number of hydrogen-bond acceptors (Lipinski definition) is 4. The highest BCUT2D eigenvalue weighted by Crippen LogP contribution is 2.62. The molecule has 0 amide bonds. The van der Waals surface area contributed by atoms with E-state index in [1.807, 2.05) is 6.07 Å². The van der Waals surface area contributed by atoms with Crippen LogP contribution in [0.1, 0.15) is 70.9 Å². The fraction of sp³-hybridized carbons (Fsp3) is 0.448. The van der Waals surface area contributed by atoms with E-state index < -0.39 is 0 Å². The van der Waals surface area contributed by atoms with Gasteiger partial charge < -0.3 is 19.0 Å². The minimum atomic E-state index is -0.216. The van der Waals surface area contributed by atoms with Crippen molar-refractivity contribution >= 4 is 11.0 Å². The number of ether oxygens (including phenoxy) is 2. The SMILES string of the molecule is CC(C)=CCc1c(-c2cc3ccc(O)cc3o2)cc2c3c1O[C@@]1(C)CCC([C@@H]3C1)C(C)(C)O2. The lowest BCUT2D eigenvalue weighted by molar-refractivity contribution is -0.0730. The Morgan fingerprint density at radius 1 is 1.12 bits per heavy atom. The van der Waals surface area contributed by atoms with Crippen molar-refractivity contribution in [3.05, 3.63) is 53.1 Å². The number of phenols is 1. The summed E-state index contributed by atoms with van der Waals surface area (Å²) in [7, 11) is 0. The van der Waals surface area contributed by atoms with Crippen LogP contribution in [0.15, 0.2) is 46.4 Å². The zero-order valence-electron chi connectivity index (χ0n) is 20.1. The number of hydrogen-bond donors (Lipinski definition) is 1.